The first-order valence-electron chi connectivity index (χ1n) is 4.98. The quantitative estimate of drug-likeness (QED) is 0.590. The first kappa shape index (κ1) is 8.49. The predicted octanol–water partition coefficient (Wildman–Crippen LogP) is 2.41. The van der Waals surface area contributed by atoms with Crippen LogP contribution in [0.2, 0.25) is 0 Å². The van der Waals surface area contributed by atoms with E-state index in [4.69, 9.17) is 0 Å². The van der Waals surface area contributed by atoms with Crippen LogP contribution in [-0.2, 0) is 0 Å². The highest BCUT2D eigenvalue weighted by molar-refractivity contribution is 5.06. The van der Waals surface area contributed by atoms with E-state index < -0.39 is 6.17 Å². The first-order valence-corrected chi connectivity index (χ1v) is 4.98. The second-order valence-corrected chi connectivity index (χ2v) is 4.96. The van der Waals surface area contributed by atoms with Crippen LogP contribution >= 0.6 is 0 Å². The number of hydrogen-bond acceptors (Lipinski definition) is 1. The lowest BCUT2D eigenvalue weighted by atomic mass is 9.70. The van der Waals surface area contributed by atoms with Gasteiger partial charge in [-0.05, 0) is 46.0 Å². The minimum atomic E-state index is -0.633. The van der Waals surface area contributed by atoms with E-state index >= 15 is 0 Å². The van der Waals surface area contributed by atoms with Crippen LogP contribution in [0.25, 0.3) is 0 Å². The summed E-state index contributed by atoms with van der Waals surface area (Å²) in [5.41, 5.74) is 0.0147. The topological polar surface area (TPSA) is 12.0 Å². The second kappa shape index (κ2) is 2.44. The van der Waals surface area contributed by atoms with Gasteiger partial charge in [0.25, 0.3) is 0 Å². The third kappa shape index (κ3) is 1.17. The zero-order valence-electron chi connectivity index (χ0n) is 7.99. The number of hydrogen-bond donors (Lipinski definition) is 1. The van der Waals surface area contributed by atoms with E-state index in [0.29, 0.717) is 0 Å². The van der Waals surface area contributed by atoms with Crippen molar-refractivity contribution in [3.05, 3.63) is 0 Å². The molecule has 2 aliphatic rings. The third-order valence-electron chi connectivity index (χ3n) is 3.65. The van der Waals surface area contributed by atoms with Gasteiger partial charge >= 0.3 is 0 Å². The van der Waals surface area contributed by atoms with Crippen LogP contribution in [-0.4, -0.2) is 17.2 Å². The van der Waals surface area contributed by atoms with Gasteiger partial charge in [0.05, 0.1) is 0 Å². The summed E-state index contributed by atoms with van der Waals surface area (Å²) in [7, 11) is 0. The SMILES string of the molecule is C[C@@]12CCC[C@@](C)(N1)[C@H](F)CC2. The number of fused-ring (bicyclic) bond motifs is 2. The first-order chi connectivity index (χ1) is 5.54. The molecule has 2 saturated heterocycles. The minimum Gasteiger partial charge on any atom is -0.304 e. The van der Waals surface area contributed by atoms with Gasteiger partial charge < -0.3 is 5.32 Å². The molecule has 1 nitrogen and oxygen atoms in total. The Hall–Kier alpha value is -0.110. The molecule has 0 saturated carbocycles. The summed E-state index contributed by atoms with van der Waals surface area (Å²) in [5.74, 6) is 0. The van der Waals surface area contributed by atoms with Gasteiger partial charge in [-0.2, -0.15) is 0 Å². The Morgan fingerprint density at radius 1 is 1.25 bits per heavy atom. The molecule has 2 bridgehead atoms. The molecule has 12 heavy (non-hydrogen) atoms. The minimum absolute atomic E-state index is 0.217. The summed E-state index contributed by atoms with van der Waals surface area (Å²) < 4.78 is 13.5. The van der Waals surface area contributed by atoms with Gasteiger partial charge in [0, 0.05) is 11.1 Å². The summed E-state index contributed by atoms with van der Waals surface area (Å²) >= 11 is 0. The van der Waals surface area contributed by atoms with Gasteiger partial charge in [-0.15, -0.1) is 0 Å². The van der Waals surface area contributed by atoms with Crippen molar-refractivity contribution in [2.75, 3.05) is 0 Å². The molecule has 0 spiro atoms. The zero-order valence-corrected chi connectivity index (χ0v) is 7.99. The molecule has 2 heterocycles. The lowest BCUT2D eigenvalue weighted by molar-refractivity contribution is 0.0179. The Morgan fingerprint density at radius 3 is 2.67 bits per heavy atom. The van der Waals surface area contributed by atoms with Crippen LogP contribution in [0.1, 0.15) is 46.0 Å². The summed E-state index contributed by atoms with van der Waals surface area (Å²) in [4.78, 5) is 0. The van der Waals surface area contributed by atoms with Crippen molar-refractivity contribution in [2.45, 2.75) is 63.2 Å². The molecule has 0 aromatic rings. The molecule has 0 radical (unpaired) electrons. The number of nitrogens with one attached hydrogen (secondary N) is 1. The van der Waals surface area contributed by atoms with Crippen molar-refractivity contribution in [3.63, 3.8) is 0 Å². The monoisotopic (exact) mass is 171 g/mol. The van der Waals surface area contributed by atoms with E-state index in [9.17, 15) is 4.39 Å². The Kier molecular flexibility index (Phi) is 1.73. The van der Waals surface area contributed by atoms with Crippen LogP contribution < -0.4 is 5.32 Å². The average Bonchev–Trinajstić information content (AvgIpc) is 1.98. The maximum atomic E-state index is 13.5. The number of rotatable bonds is 0. The van der Waals surface area contributed by atoms with E-state index in [-0.39, 0.29) is 11.1 Å². The molecule has 2 rings (SSSR count). The summed E-state index contributed by atoms with van der Waals surface area (Å²) in [6.07, 6.45) is 4.52. The van der Waals surface area contributed by atoms with Crippen molar-refractivity contribution in [1.29, 1.82) is 0 Å². The zero-order chi connectivity index (χ0) is 8.82. The van der Waals surface area contributed by atoms with Crippen molar-refractivity contribution in [2.24, 2.45) is 0 Å². The van der Waals surface area contributed by atoms with Crippen molar-refractivity contribution >= 4 is 0 Å². The fourth-order valence-corrected chi connectivity index (χ4v) is 2.85. The average molecular weight is 171 g/mol. The smallest absolute Gasteiger partial charge is 0.118 e. The van der Waals surface area contributed by atoms with E-state index in [1.807, 2.05) is 6.92 Å². The molecule has 0 amide bonds. The van der Waals surface area contributed by atoms with Crippen LogP contribution in [0.15, 0.2) is 0 Å². The van der Waals surface area contributed by atoms with Crippen LogP contribution in [0.4, 0.5) is 4.39 Å². The van der Waals surface area contributed by atoms with Gasteiger partial charge in [-0.3, -0.25) is 0 Å². The maximum absolute atomic E-state index is 13.5. The summed E-state index contributed by atoms with van der Waals surface area (Å²) in [6.45, 7) is 4.27. The van der Waals surface area contributed by atoms with Gasteiger partial charge in [-0.25, -0.2) is 4.39 Å². The van der Waals surface area contributed by atoms with Gasteiger partial charge in [0.1, 0.15) is 6.17 Å². The largest absolute Gasteiger partial charge is 0.304 e. The Labute approximate surface area is 73.7 Å². The van der Waals surface area contributed by atoms with E-state index in [2.05, 4.69) is 12.2 Å². The molecular formula is C10H18FN. The Balaban J connectivity index is 2.20. The van der Waals surface area contributed by atoms with Crippen LogP contribution in [0.3, 0.4) is 0 Å². The standard InChI is InChI=1S/C10H18FN/c1-9-5-3-6-10(2,12-9)8(11)4-7-9/h8,12H,3-7H2,1-2H3/t8-,9+,10-/m1/s1. The molecule has 2 heteroatoms. The molecule has 0 aromatic carbocycles. The molecule has 70 valence electrons. The van der Waals surface area contributed by atoms with Gasteiger partial charge in [-0.1, -0.05) is 0 Å². The molecule has 0 aromatic heterocycles. The lowest BCUT2D eigenvalue weighted by Crippen LogP contribution is -2.66. The second-order valence-electron chi connectivity index (χ2n) is 4.96. The van der Waals surface area contributed by atoms with E-state index in [1.54, 1.807) is 0 Å². The molecule has 0 unspecified atom stereocenters. The predicted molar refractivity (Wildman–Crippen MR) is 47.9 cm³/mol. The molecule has 3 atom stereocenters. The fraction of sp³-hybridized carbons (Fsp3) is 1.00. The summed E-state index contributed by atoms with van der Waals surface area (Å²) in [5, 5.41) is 3.48. The molecular weight excluding hydrogens is 153 g/mol. The van der Waals surface area contributed by atoms with E-state index in [1.165, 1.54) is 12.8 Å². The maximum Gasteiger partial charge on any atom is 0.118 e. The number of piperidine rings is 2. The highest BCUT2D eigenvalue weighted by Crippen LogP contribution is 2.40. The van der Waals surface area contributed by atoms with Crippen molar-refractivity contribution < 1.29 is 4.39 Å². The molecule has 0 aliphatic carbocycles. The van der Waals surface area contributed by atoms with Gasteiger partial charge in [0.15, 0.2) is 0 Å². The Morgan fingerprint density at radius 2 is 2.00 bits per heavy atom. The molecule has 1 N–H and O–H groups in total. The molecule has 2 aliphatic heterocycles. The highest BCUT2D eigenvalue weighted by Gasteiger charge is 2.47. The molecule has 2 fully saturated rings. The Bertz CT molecular complexity index is 194. The highest BCUT2D eigenvalue weighted by atomic mass is 19.1. The van der Waals surface area contributed by atoms with E-state index in [0.717, 1.165) is 19.3 Å². The van der Waals surface area contributed by atoms with Crippen molar-refractivity contribution in [3.8, 4) is 0 Å². The van der Waals surface area contributed by atoms with Crippen LogP contribution in [0, 0.1) is 0 Å². The van der Waals surface area contributed by atoms with Crippen LogP contribution in [0.5, 0.6) is 0 Å². The number of alkyl halides is 1. The normalized spacial score (nSPS) is 53.8. The lowest BCUT2D eigenvalue weighted by Gasteiger charge is -2.52. The third-order valence-corrected chi connectivity index (χ3v) is 3.65. The fourth-order valence-electron chi connectivity index (χ4n) is 2.85. The van der Waals surface area contributed by atoms with Crippen molar-refractivity contribution in [1.82, 2.24) is 5.32 Å². The van der Waals surface area contributed by atoms with Gasteiger partial charge in [0.2, 0.25) is 0 Å². The summed E-state index contributed by atoms with van der Waals surface area (Å²) in [6, 6.07) is 0. The number of halogens is 1.